The van der Waals surface area contributed by atoms with Crippen molar-refractivity contribution in [3.05, 3.63) is 53.2 Å². The van der Waals surface area contributed by atoms with Gasteiger partial charge < -0.3 is 15.8 Å². The van der Waals surface area contributed by atoms with E-state index in [4.69, 9.17) is 10.5 Å². The van der Waals surface area contributed by atoms with Crippen LogP contribution in [0.2, 0.25) is 0 Å². The number of anilines is 1. The van der Waals surface area contributed by atoms with Gasteiger partial charge in [0.2, 0.25) is 0 Å². The molecular formula is C15H15N3O2. The van der Waals surface area contributed by atoms with E-state index in [0.29, 0.717) is 24.5 Å². The lowest BCUT2D eigenvalue weighted by atomic mass is 10.1. The molecule has 3 rings (SSSR count). The number of pyridine rings is 1. The molecule has 102 valence electrons. The predicted octanol–water partition coefficient (Wildman–Crippen LogP) is 1.73. The Morgan fingerprint density at radius 2 is 2.25 bits per heavy atom. The maximum atomic E-state index is 12.2. The summed E-state index contributed by atoms with van der Waals surface area (Å²) >= 11 is 0. The van der Waals surface area contributed by atoms with Crippen LogP contribution in [0, 0.1) is 0 Å². The molecule has 1 amide bonds. The fraction of sp³-hybridized carbons (Fsp3) is 0.200. The number of hydrogen-bond acceptors (Lipinski definition) is 4. The molecule has 2 heterocycles. The standard InChI is InChI=1S/C15H15N3O2/c16-8-10-1-4-14(17-9-10)18-15(19)12-2-3-13-11(7-12)5-6-20-13/h1-4,7,9H,5-6,8,16H2,(H,17,18,19). The molecule has 1 aliphatic heterocycles. The number of benzene rings is 1. The Balaban J connectivity index is 1.75. The third-order valence-electron chi connectivity index (χ3n) is 3.25. The topological polar surface area (TPSA) is 77.2 Å². The fourth-order valence-corrected chi connectivity index (χ4v) is 2.14. The number of nitrogens with zero attached hydrogens (tertiary/aromatic N) is 1. The Morgan fingerprint density at radius 1 is 1.35 bits per heavy atom. The smallest absolute Gasteiger partial charge is 0.256 e. The van der Waals surface area contributed by atoms with Crippen LogP contribution >= 0.6 is 0 Å². The molecule has 0 fully saturated rings. The van der Waals surface area contributed by atoms with Gasteiger partial charge in [0.15, 0.2) is 0 Å². The van der Waals surface area contributed by atoms with Crippen LogP contribution in [-0.4, -0.2) is 17.5 Å². The van der Waals surface area contributed by atoms with E-state index < -0.39 is 0 Å². The van der Waals surface area contributed by atoms with E-state index >= 15 is 0 Å². The van der Waals surface area contributed by atoms with Crippen molar-refractivity contribution in [2.24, 2.45) is 5.73 Å². The summed E-state index contributed by atoms with van der Waals surface area (Å²) in [5.41, 5.74) is 8.12. The van der Waals surface area contributed by atoms with E-state index in [9.17, 15) is 4.79 Å². The van der Waals surface area contributed by atoms with Gasteiger partial charge in [0.1, 0.15) is 11.6 Å². The largest absolute Gasteiger partial charge is 0.493 e. The van der Waals surface area contributed by atoms with Gasteiger partial charge in [-0.05, 0) is 35.4 Å². The SMILES string of the molecule is NCc1ccc(NC(=O)c2ccc3c(c2)CCO3)nc1. The van der Waals surface area contributed by atoms with Crippen LogP contribution in [0.5, 0.6) is 5.75 Å². The number of fused-ring (bicyclic) bond motifs is 1. The maximum Gasteiger partial charge on any atom is 0.256 e. The molecule has 0 saturated heterocycles. The first-order valence-electron chi connectivity index (χ1n) is 6.48. The molecule has 0 unspecified atom stereocenters. The van der Waals surface area contributed by atoms with Crippen LogP contribution in [0.3, 0.4) is 0 Å². The molecule has 1 aliphatic rings. The lowest BCUT2D eigenvalue weighted by Crippen LogP contribution is -2.13. The molecule has 0 bridgehead atoms. The zero-order chi connectivity index (χ0) is 13.9. The van der Waals surface area contributed by atoms with Crippen molar-refractivity contribution >= 4 is 11.7 Å². The summed E-state index contributed by atoms with van der Waals surface area (Å²) in [6, 6.07) is 9.05. The first-order chi connectivity index (χ1) is 9.76. The van der Waals surface area contributed by atoms with Crippen molar-refractivity contribution in [3.8, 4) is 5.75 Å². The Morgan fingerprint density at radius 3 is 3.00 bits per heavy atom. The highest BCUT2D eigenvalue weighted by molar-refractivity contribution is 6.04. The van der Waals surface area contributed by atoms with Gasteiger partial charge in [0, 0.05) is 24.7 Å². The van der Waals surface area contributed by atoms with Gasteiger partial charge in [-0.1, -0.05) is 6.07 Å². The van der Waals surface area contributed by atoms with E-state index in [1.165, 1.54) is 0 Å². The minimum absolute atomic E-state index is 0.173. The van der Waals surface area contributed by atoms with Gasteiger partial charge in [-0.15, -0.1) is 0 Å². The minimum Gasteiger partial charge on any atom is -0.493 e. The third-order valence-corrected chi connectivity index (χ3v) is 3.25. The van der Waals surface area contributed by atoms with Crippen LogP contribution in [-0.2, 0) is 13.0 Å². The Kier molecular flexibility index (Phi) is 3.35. The van der Waals surface area contributed by atoms with Crippen LogP contribution in [0.15, 0.2) is 36.5 Å². The van der Waals surface area contributed by atoms with E-state index in [2.05, 4.69) is 10.3 Å². The van der Waals surface area contributed by atoms with Gasteiger partial charge in [-0.25, -0.2) is 4.98 Å². The highest BCUT2D eigenvalue weighted by Gasteiger charge is 2.15. The lowest BCUT2D eigenvalue weighted by Gasteiger charge is -2.06. The highest BCUT2D eigenvalue weighted by atomic mass is 16.5. The zero-order valence-corrected chi connectivity index (χ0v) is 10.9. The molecular weight excluding hydrogens is 254 g/mol. The van der Waals surface area contributed by atoms with Crippen molar-refractivity contribution in [1.29, 1.82) is 0 Å². The van der Waals surface area contributed by atoms with Crippen molar-refractivity contribution in [2.45, 2.75) is 13.0 Å². The number of hydrogen-bond donors (Lipinski definition) is 2. The summed E-state index contributed by atoms with van der Waals surface area (Å²) < 4.78 is 5.42. The second kappa shape index (κ2) is 5.30. The molecule has 0 spiro atoms. The van der Waals surface area contributed by atoms with Crippen LogP contribution in [0.1, 0.15) is 21.5 Å². The second-order valence-corrected chi connectivity index (χ2v) is 4.63. The van der Waals surface area contributed by atoms with Crippen LogP contribution in [0.4, 0.5) is 5.82 Å². The minimum atomic E-state index is -0.173. The molecule has 1 aromatic heterocycles. The van der Waals surface area contributed by atoms with Gasteiger partial charge >= 0.3 is 0 Å². The number of aromatic nitrogens is 1. The Bertz CT molecular complexity index is 638. The first kappa shape index (κ1) is 12.6. The first-order valence-corrected chi connectivity index (χ1v) is 6.48. The summed E-state index contributed by atoms with van der Waals surface area (Å²) in [7, 11) is 0. The number of carbonyl (C=O) groups is 1. The van der Waals surface area contributed by atoms with Gasteiger partial charge in [0.05, 0.1) is 6.61 Å². The summed E-state index contributed by atoms with van der Waals surface area (Å²) in [6.45, 7) is 1.12. The molecule has 0 saturated carbocycles. The molecule has 0 atom stereocenters. The number of carbonyl (C=O) groups excluding carboxylic acids is 1. The van der Waals surface area contributed by atoms with Gasteiger partial charge in [-0.2, -0.15) is 0 Å². The number of ether oxygens (including phenoxy) is 1. The van der Waals surface area contributed by atoms with Crippen molar-refractivity contribution in [1.82, 2.24) is 4.98 Å². The lowest BCUT2D eigenvalue weighted by molar-refractivity contribution is 0.102. The van der Waals surface area contributed by atoms with E-state index in [1.807, 2.05) is 18.2 Å². The van der Waals surface area contributed by atoms with Crippen LogP contribution < -0.4 is 15.8 Å². The maximum absolute atomic E-state index is 12.2. The number of amides is 1. The molecule has 5 heteroatoms. The summed E-state index contributed by atoms with van der Waals surface area (Å²) in [4.78, 5) is 16.3. The third kappa shape index (κ3) is 2.48. The average molecular weight is 269 g/mol. The van der Waals surface area contributed by atoms with E-state index in [1.54, 1.807) is 18.3 Å². The monoisotopic (exact) mass is 269 g/mol. The van der Waals surface area contributed by atoms with Gasteiger partial charge in [0.25, 0.3) is 5.91 Å². The summed E-state index contributed by atoms with van der Waals surface area (Å²) in [5, 5.41) is 2.77. The highest BCUT2D eigenvalue weighted by Crippen LogP contribution is 2.26. The van der Waals surface area contributed by atoms with E-state index in [-0.39, 0.29) is 5.91 Å². The molecule has 0 radical (unpaired) electrons. The number of nitrogens with one attached hydrogen (secondary N) is 1. The van der Waals surface area contributed by atoms with Gasteiger partial charge in [-0.3, -0.25) is 4.79 Å². The zero-order valence-electron chi connectivity index (χ0n) is 10.9. The second-order valence-electron chi connectivity index (χ2n) is 4.63. The van der Waals surface area contributed by atoms with Crippen molar-refractivity contribution in [3.63, 3.8) is 0 Å². The number of nitrogens with two attached hydrogens (primary N) is 1. The Labute approximate surface area is 116 Å². The molecule has 3 N–H and O–H groups in total. The molecule has 0 aliphatic carbocycles. The summed E-state index contributed by atoms with van der Waals surface area (Å²) in [6.07, 6.45) is 2.51. The number of rotatable bonds is 3. The van der Waals surface area contributed by atoms with Crippen molar-refractivity contribution < 1.29 is 9.53 Å². The molecule has 5 nitrogen and oxygen atoms in total. The molecule has 2 aromatic rings. The predicted molar refractivity (Wildman–Crippen MR) is 75.7 cm³/mol. The molecule has 20 heavy (non-hydrogen) atoms. The van der Waals surface area contributed by atoms with Crippen molar-refractivity contribution in [2.75, 3.05) is 11.9 Å². The molecule has 1 aromatic carbocycles. The van der Waals surface area contributed by atoms with Crippen LogP contribution in [0.25, 0.3) is 0 Å². The normalized spacial score (nSPS) is 12.7. The quantitative estimate of drug-likeness (QED) is 0.889. The summed E-state index contributed by atoms with van der Waals surface area (Å²) in [5.74, 6) is 1.21. The fourth-order valence-electron chi connectivity index (χ4n) is 2.14. The average Bonchev–Trinajstić information content (AvgIpc) is 2.95. The Hall–Kier alpha value is -2.40. The van der Waals surface area contributed by atoms with E-state index in [0.717, 1.165) is 23.3 Å².